The number of nitrogens with one attached hydrogen (secondary N) is 2. The molecule has 0 aliphatic heterocycles. The Balaban J connectivity index is 1.90. The number of rotatable bonds is 2. The third-order valence-electron chi connectivity index (χ3n) is 3.90. The molecule has 0 radical (unpaired) electrons. The molecule has 2 N–H and O–H groups in total. The number of hydrogen-bond donors (Lipinski definition) is 2. The Labute approximate surface area is 135 Å². The summed E-state index contributed by atoms with van der Waals surface area (Å²) in [5.41, 5.74) is 1.63. The molecule has 7 heteroatoms. The first-order valence-corrected chi connectivity index (χ1v) is 7.95. The molecule has 0 heterocycles. The summed E-state index contributed by atoms with van der Waals surface area (Å²) in [4.78, 5) is 11.9. The van der Waals surface area contributed by atoms with Crippen molar-refractivity contribution in [2.75, 3.05) is 5.32 Å². The number of carbonyl (C=O) groups excluding carboxylic acids is 1. The number of anilines is 1. The molecule has 22 heavy (non-hydrogen) atoms. The zero-order valence-corrected chi connectivity index (χ0v) is 13.7. The van der Waals surface area contributed by atoms with Crippen molar-refractivity contribution in [1.82, 2.24) is 5.32 Å². The molecule has 3 nitrogen and oxygen atoms in total. The van der Waals surface area contributed by atoms with Crippen molar-refractivity contribution < 1.29 is 18.0 Å². The summed E-state index contributed by atoms with van der Waals surface area (Å²) in [6, 6.07) is 4.45. The largest absolute Gasteiger partial charge is 0.391 e. The Bertz CT molecular complexity index is 548. The van der Waals surface area contributed by atoms with Crippen LogP contribution in [0.3, 0.4) is 0 Å². The number of urea groups is 1. The van der Waals surface area contributed by atoms with Crippen molar-refractivity contribution in [2.24, 2.45) is 5.92 Å². The van der Waals surface area contributed by atoms with Crippen LogP contribution in [0.15, 0.2) is 22.7 Å². The van der Waals surface area contributed by atoms with E-state index in [1.54, 1.807) is 12.1 Å². The minimum Gasteiger partial charge on any atom is -0.335 e. The number of amides is 2. The number of halogens is 4. The first kappa shape index (κ1) is 17.1. The number of hydrogen-bond acceptors (Lipinski definition) is 1. The second-order valence-corrected chi connectivity index (χ2v) is 6.52. The van der Waals surface area contributed by atoms with Crippen LogP contribution in [0.1, 0.15) is 31.2 Å². The van der Waals surface area contributed by atoms with E-state index < -0.39 is 24.2 Å². The van der Waals surface area contributed by atoms with Crippen LogP contribution in [0.5, 0.6) is 0 Å². The molecule has 0 spiro atoms. The number of alkyl halides is 3. The fourth-order valence-corrected chi connectivity index (χ4v) is 3.02. The minimum absolute atomic E-state index is 0.0471. The summed E-state index contributed by atoms with van der Waals surface area (Å²) < 4.78 is 39.1. The summed E-state index contributed by atoms with van der Waals surface area (Å²) >= 11 is 3.37. The molecule has 2 amide bonds. The van der Waals surface area contributed by atoms with Gasteiger partial charge in [-0.2, -0.15) is 13.2 Å². The van der Waals surface area contributed by atoms with E-state index in [2.05, 4.69) is 26.6 Å². The van der Waals surface area contributed by atoms with Crippen LogP contribution in [0.25, 0.3) is 0 Å². The molecule has 1 aromatic rings. The predicted octanol–water partition coefficient (Wildman–Crippen LogP) is 5.00. The van der Waals surface area contributed by atoms with Gasteiger partial charge in [-0.1, -0.05) is 28.4 Å². The van der Waals surface area contributed by atoms with Crippen molar-refractivity contribution in [2.45, 2.75) is 44.8 Å². The van der Waals surface area contributed by atoms with Gasteiger partial charge in [0.2, 0.25) is 0 Å². The zero-order valence-electron chi connectivity index (χ0n) is 12.1. The van der Waals surface area contributed by atoms with Crippen LogP contribution >= 0.6 is 15.9 Å². The van der Waals surface area contributed by atoms with Crippen molar-refractivity contribution in [1.29, 1.82) is 0 Å². The van der Waals surface area contributed by atoms with Gasteiger partial charge in [0, 0.05) is 16.2 Å². The van der Waals surface area contributed by atoms with Gasteiger partial charge in [-0.3, -0.25) is 0 Å². The van der Waals surface area contributed by atoms with E-state index in [0.717, 1.165) is 10.0 Å². The van der Waals surface area contributed by atoms with E-state index in [1.807, 2.05) is 13.0 Å². The minimum atomic E-state index is -4.18. The highest BCUT2D eigenvalue weighted by Gasteiger charge is 2.42. The Kier molecular flexibility index (Phi) is 5.36. The van der Waals surface area contributed by atoms with Crippen LogP contribution in [0, 0.1) is 12.8 Å². The summed E-state index contributed by atoms with van der Waals surface area (Å²) in [6.07, 6.45) is -3.02. The first-order chi connectivity index (χ1) is 10.3. The Morgan fingerprint density at radius 2 is 2.05 bits per heavy atom. The topological polar surface area (TPSA) is 41.1 Å². The van der Waals surface area contributed by atoms with E-state index >= 15 is 0 Å². The summed E-state index contributed by atoms with van der Waals surface area (Å²) in [7, 11) is 0. The molecule has 0 aromatic heterocycles. The van der Waals surface area contributed by atoms with Gasteiger partial charge in [-0.25, -0.2) is 4.79 Å². The summed E-state index contributed by atoms with van der Waals surface area (Å²) in [5.74, 6) is -1.32. The zero-order chi connectivity index (χ0) is 16.3. The van der Waals surface area contributed by atoms with Crippen LogP contribution in [0.4, 0.5) is 23.7 Å². The van der Waals surface area contributed by atoms with Crippen molar-refractivity contribution in [3.63, 3.8) is 0 Å². The Hall–Kier alpha value is -1.24. The highest BCUT2D eigenvalue weighted by Crippen LogP contribution is 2.37. The molecule has 1 saturated carbocycles. The molecular weight excluding hydrogens is 361 g/mol. The number of carbonyl (C=O) groups is 1. The van der Waals surface area contributed by atoms with Gasteiger partial charge in [-0.15, -0.1) is 0 Å². The molecule has 1 aromatic carbocycles. The predicted molar refractivity (Wildman–Crippen MR) is 82.8 cm³/mol. The van der Waals surface area contributed by atoms with Crippen molar-refractivity contribution in [3.05, 3.63) is 28.2 Å². The van der Waals surface area contributed by atoms with E-state index in [1.165, 1.54) is 0 Å². The number of benzene rings is 1. The van der Waals surface area contributed by atoms with Crippen molar-refractivity contribution in [3.8, 4) is 0 Å². The molecule has 0 bridgehead atoms. The lowest BCUT2D eigenvalue weighted by Crippen LogP contribution is -2.43. The van der Waals surface area contributed by atoms with Gasteiger partial charge in [0.15, 0.2) is 0 Å². The number of aryl methyl sites for hydroxylation is 1. The van der Waals surface area contributed by atoms with Crippen LogP contribution < -0.4 is 10.6 Å². The van der Waals surface area contributed by atoms with Crippen LogP contribution in [-0.4, -0.2) is 18.2 Å². The lowest BCUT2D eigenvalue weighted by molar-refractivity contribution is -0.183. The molecule has 1 aliphatic carbocycles. The van der Waals surface area contributed by atoms with Gasteiger partial charge >= 0.3 is 12.2 Å². The second-order valence-electron chi connectivity index (χ2n) is 5.66. The maximum atomic E-state index is 12.7. The highest BCUT2D eigenvalue weighted by atomic mass is 79.9. The summed E-state index contributed by atoms with van der Waals surface area (Å²) in [5, 5.41) is 5.29. The van der Waals surface area contributed by atoms with Gasteiger partial charge in [0.1, 0.15) is 0 Å². The Morgan fingerprint density at radius 1 is 1.32 bits per heavy atom. The van der Waals surface area contributed by atoms with E-state index in [0.29, 0.717) is 18.5 Å². The van der Waals surface area contributed by atoms with E-state index in [-0.39, 0.29) is 12.8 Å². The second kappa shape index (κ2) is 6.89. The molecule has 0 saturated heterocycles. The van der Waals surface area contributed by atoms with Crippen LogP contribution in [0.2, 0.25) is 0 Å². The maximum absolute atomic E-state index is 12.7. The highest BCUT2D eigenvalue weighted by molar-refractivity contribution is 9.10. The smallest absolute Gasteiger partial charge is 0.335 e. The lowest BCUT2D eigenvalue weighted by Gasteiger charge is -2.31. The molecule has 2 unspecified atom stereocenters. The molecule has 2 atom stereocenters. The van der Waals surface area contributed by atoms with Crippen molar-refractivity contribution >= 4 is 27.6 Å². The Morgan fingerprint density at radius 3 is 2.68 bits per heavy atom. The molecular formula is C15H18BrF3N2O. The molecule has 122 valence electrons. The van der Waals surface area contributed by atoms with E-state index in [9.17, 15) is 18.0 Å². The van der Waals surface area contributed by atoms with Gasteiger partial charge in [0.05, 0.1) is 5.92 Å². The molecule has 1 fully saturated rings. The fourth-order valence-electron chi connectivity index (χ4n) is 2.64. The molecule has 1 aliphatic rings. The average molecular weight is 379 g/mol. The third kappa shape index (κ3) is 4.63. The lowest BCUT2D eigenvalue weighted by atomic mass is 9.85. The standard InChI is InChI=1S/C15H18BrF3N2O/c1-9-5-6-12(8-13(9)16)21-14(22)20-11-4-2-3-10(7-11)15(17,18)19/h5-6,8,10-11H,2-4,7H2,1H3,(H2,20,21,22). The SMILES string of the molecule is Cc1ccc(NC(=O)NC2CCCC(C(F)(F)F)C2)cc1Br. The van der Waals surface area contributed by atoms with Gasteiger partial charge in [-0.05, 0) is 43.9 Å². The third-order valence-corrected chi connectivity index (χ3v) is 4.76. The fraction of sp³-hybridized carbons (Fsp3) is 0.533. The van der Waals surface area contributed by atoms with Gasteiger partial charge in [0.25, 0.3) is 0 Å². The van der Waals surface area contributed by atoms with Gasteiger partial charge < -0.3 is 10.6 Å². The normalized spacial score (nSPS) is 22.2. The quantitative estimate of drug-likeness (QED) is 0.746. The maximum Gasteiger partial charge on any atom is 0.391 e. The van der Waals surface area contributed by atoms with E-state index in [4.69, 9.17) is 0 Å². The first-order valence-electron chi connectivity index (χ1n) is 7.16. The van der Waals surface area contributed by atoms with Crippen LogP contribution in [-0.2, 0) is 0 Å². The molecule has 2 rings (SSSR count). The monoisotopic (exact) mass is 378 g/mol. The summed E-state index contributed by atoms with van der Waals surface area (Å²) in [6.45, 7) is 1.92. The average Bonchev–Trinajstić information content (AvgIpc) is 2.42.